The normalized spacial score (nSPS) is 15.3. The summed E-state index contributed by atoms with van der Waals surface area (Å²) >= 11 is 0. The molecule has 1 fully saturated rings. The van der Waals surface area contributed by atoms with Crippen LogP contribution < -0.4 is 10.0 Å². The number of likely N-dealkylation sites (tertiary alicyclic amines) is 1. The quantitative estimate of drug-likeness (QED) is 0.601. The zero-order valence-corrected chi connectivity index (χ0v) is 18.7. The van der Waals surface area contributed by atoms with E-state index in [0.29, 0.717) is 17.7 Å². The summed E-state index contributed by atoms with van der Waals surface area (Å²) in [5, 5.41) is 2.89. The van der Waals surface area contributed by atoms with Gasteiger partial charge in [0, 0.05) is 12.1 Å². The van der Waals surface area contributed by atoms with Crippen molar-refractivity contribution in [2.24, 2.45) is 0 Å². The lowest BCUT2D eigenvalue weighted by Crippen LogP contribution is -2.31. The van der Waals surface area contributed by atoms with E-state index >= 15 is 0 Å². The van der Waals surface area contributed by atoms with Crippen molar-refractivity contribution >= 4 is 21.6 Å². The van der Waals surface area contributed by atoms with E-state index < -0.39 is 15.8 Å². The van der Waals surface area contributed by atoms with Crippen molar-refractivity contribution in [3.05, 3.63) is 59.4 Å². The molecule has 0 atom stereocenters. The van der Waals surface area contributed by atoms with Crippen LogP contribution >= 0.6 is 0 Å². The maximum atomic E-state index is 13.8. The SMILES string of the molecule is Cc1ccc(S(=O)(=O)Nc2ccccc2F)cc1C(=O)NCCCN1CCCCCC1. The standard InChI is InChI=1S/C23H30FN3O3S/c1-18-11-12-19(31(29,30)26-22-10-5-4-9-21(22)24)17-20(18)23(28)25-13-8-16-27-14-6-2-3-7-15-27/h4-5,9-12,17,26H,2-3,6-8,13-16H2,1H3,(H,25,28). The largest absolute Gasteiger partial charge is 0.352 e. The number of aryl methyl sites for hydroxylation is 1. The molecule has 0 aliphatic carbocycles. The predicted octanol–water partition coefficient (Wildman–Crippen LogP) is 3.93. The van der Waals surface area contributed by atoms with E-state index in [1.54, 1.807) is 19.1 Å². The van der Waals surface area contributed by atoms with Crippen LogP contribution in [0.4, 0.5) is 10.1 Å². The number of nitrogens with zero attached hydrogens (tertiary/aromatic N) is 1. The van der Waals surface area contributed by atoms with Crippen molar-refractivity contribution < 1.29 is 17.6 Å². The molecule has 6 nitrogen and oxygen atoms in total. The molecule has 0 aromatic heterocycles. The summed E-state index contributed by atoms with van der Waals surface area (Å²) in [5.41, 5.74) is 0.837. The van der Waals surface area contributed by atoms with Gasteiger partial charge in [-0.3, -0.25) is 9.52 Å². The lowest BCUT2D eigenvalue weighted by molar-refractivity contribution is 0.0951. The fourth-order valence-electron chi connectivity index (χ4n) is 3.72. The van der Waals surface area contributed by atoms with E-state index in [4.69, 9.17) is 0 Å². The number of sulfonamides is 1. The summed E-state index contributed by atoms with van der Waals surface area (Å²) in [7, 11) is -4.03. The molecular weight excluding hydrogens is 417 g/mol. The number of nitrogens with one attached hydrogen (secondary N) is 2. The van der Waals surface area contributed by atoms with Crippen molar-refractivity contribution in [3.63, 3.8) is 0 Å². The topological polar surface area (TPSA) is 78.5 Å². The summed E-state index contributed by atoms with van der Waals surface area (Å²) in [6.45, 7) is 5.45. The Labute approximate surface area is 183 Å². The monoisotopic (exact) mass is 447 g/mol. The Morgan fingerprint density at radius 2 is 1.77 bits per heavy atom. The Hall–Kier alpha value is -2.45. The molecule has 0 saturated carbocycles. The van der Waals surface area contributed by atoms with E-state index in [9.17, 15) is 17.6 Å². The number of carbonyl (C=O) groups is 1. The van der Waals surface area contributed by atoms with Gasteiger partial charge in [-0.05, 0) is 75.6 Å². The third kappa shape index (κ3) is 6.51. The molecule has 0 spiro atoms. The van der Waals surface area contributed by atoms with E-state index in [2.05, 4.69) is 14.9 Å². The molecule has 2 N–H and O–H groups in total. The lowest BCUT2D eigenvalue weighted by Gasteiger charge is -2.19. The first kappa shape index (κ1) is 23.2. The van der Waals surface area contributed by atoms with Gasteiger partial charge in [0.15, 0.2) is 0 Å². The van der Waals surface area contributed by atoms with E-state index in [-0.39, 0.29) is 16.5 Å². The van der Waals surface area contributed by atoms with Gasteiger partial charge < -0.3 is 10.2 Å². The summed E-state index contributed by atoms with van der Waals surface area (Å²) in [6, 6.07) is 9.88. The predicted molar refractivity (Wildman–Crippen MR) is 120 cm³/mol. The van der Waals surface area contributed by atoms with E-state index in [1.165, 1.54) is 56.0 Å². The lowest BCUT2D eigenvalue weighted by atomic mass is 10.1. The van der Waals surface area contributed by atoms with Crippen LogP contribution in [-0.4, -0.2) is 45.4 Å². The van der Waals surface area contributed by atoms with Gasteiger partial charge in [0.25, 0.3) is 15.9 Å². The smallest absolute Gasteiger partial charge is 0.262 e. The Balaban J connectivity index is 1.61. The number of halogens is 1. The summed E-state index contributed by atoms with van der Waals surface area (Å²) in [5.74, 6) is -0.975. The first-order valence-electron chi connectivity index (χ1n) is 10.8. The molecule has 3 rings (SSSR count). The number of hydrogen-bond donors (Lipinski definition) is 2. The van der Waals surface area contributed by atoms with Crippen molar-refractivity contribution in [2.45, 2.75) is 43.9 Å². The number of hydrogen-bond acceptors (Lipinski definition) is 4. The molecule has 8 heteroatoms. The van der Waals surface area contributed by atoms with Crippen LogP contribution in [0.2, 0.25) is 0 Å². The van der Waals surface area contributed by atoms with Crippen LogP contribution in [0.25, 0.3) is 0 Å². The van der Waals surface area contributed by atoms with Crippen molar-refractivity contribution in [2.75, 3.05) is 30.9 Å². The van der Waals surface area contributed by atoms with Gasteiger partial charge in [0.05, 0.1) is 10.6 Å². The average Bonchev–Trinajstić information content (AvgIpc) is 3.01. The molecule has 168 valence electrons. The van der Waals surface area contributed by atoms with Crippen LogP contribution in [0.5, 0.6) is 0 Å². The number of rotatable bonds is 8. The van der Waals surface area contributed by atoms with Crippen molar-refractivity contribution in [1.29, 1.82) is 0 Å². The Bertz CT molecular complexity index is 1000. The number of para-hydroxylation sites is 1. The molecule has 1 heterocycles. The minimum atomic E-state index is -4.03. The summed E-state index contributed by atoms with van der Waals surface area (Å²) in [4.78, 5) is 15.0. The Morgan fingerprint density at radius 1 is 1.06 bits per heavy atom. The van der Waals surface area contributed by atoms with Crippen molar-refractivity contribution in [3.8, 4) is 0 Å². The van der Waals surface area contributed by atoms with Crippen LogP contribution in [0.15, 0.2) is 47.4 Å². The van der Waals surface area contributed by atoms with Crippen LogP contribution in [0, 0.1) is 12.7 Å². The van der Waals surface area contributed by atoms with Gasteiger partial charge in [-0.2, -0.15) is 0 Å². The molecule has 31 heavy (non-hydrogen) atoms. The maximum Gasteiger partial charge on any atom is 0.262 e. The number of anilines is 1. The van der Waals surface area contributed by atoms with Gasteiger partial charge in [-0.15, -0.1) is 0 Å². The van der Waals surface area contributed by atoms with Gasteiger partial charge >= 0.3 is 0 Å². The Morgan fingerprint density at radius 3 is 2.48 bits per heavy atom. The molecule has 2 aromatic rings. The van der Waals surface area contributed by atoms with E-state index in [0.717, 1.165) is 26.1 Å². The first-order chi connectivity index (χ1) is 14.9. The highest BCUT2D eigenvalue weighted by Gasteiger charge is 2.19. The number of benzene rings is 2. The van der Waals surface area contributed by atoms with Crippen molar-refractivity contribution in [1.82, 2.24) is 10.2 Å². The molecule has 2 aromatic carbocycles. The van der Waals surface area contributed by atoms with Crippen LogP contribution in [-0.2, 0) is 10.0 Å². The van der Waals surface area contributed by atoms with Gasteiger partial charge in [0.1, 0.15) is 5.82 Å². The molecule has 1 aliphatic rings. The fraction of sp³-hybridized carbons (Fsp3) is 0.435. The number of carbonyl (C=O) groups excluding carboxylic acids is 1. The van der Waals surface area contributed by atoms with Crippen LogP contribution in [0.3, 0.4) is 0 Å². The van der Waals surface area contributed by atoms with Gasteiger partial charge in [-0.1, -0.05) is 31.0 Å². The highest BCUT2D eigenvalue weighted by Crippen LogP contribution is 2.21. The second-order valence-electron chi connectivity index (χ2n) is 7.93. The summed E-state index contributed by atoms with van der Waals surface area (Å²) in [6.07, 6.45) is 5.88. The first-order valence-corrected chi connectivity index (χ1v) is 12.2. The third-order valence-corrected chi connectivity index (χ3v) is 6.88. The minimum Gasteiger partial charge on any atom is -0.352 e. The Kier molecular flexibility index (Phi) is 8.03. The highest BCUT2D eigenvalue weighted by atomic mass is 32.2. The molecule has 1 saturated heterocycles. The molecule has 1 aliphatic heterocycles. The summed E-state index contributed by atoms with van der Waals surface area (Å²) < 4.78 is 41.5. The molecule has 1 amide bonds. The van der Waals surface area contributed by atoms with Gasteiger partial charge in [-0.25, -0.2) is 12.8 Å². The maximum absolute atomic E-state index is 13.8. The zero-order valence-electron chi connectivity index (χ0n) is 17.9. The molecule has 0 radical (unpaired) electrons. The highest BCUT2D eigenvalue weighted by molar-refractivity contribution is 7.92. The second-order valence-corrected chi connectivity index (χ2v) is 9.61. The zero-order chi connectivity index (χ0) is 22.3. The third-order valence-electron chi connectivity index (χ3n) is 5.52. The second kappa shape index (κ2) is 10.7. The van der Waals surface area contributed by atoms with E-state index in [1.807, 2.05) is 0 Å². The molecule has 0 unspecified atom stereocenters. The average molecular weight is 448 g/mol. The van der Waals surface area contributed by atoms with Crippen LogP contribution in [0.1, 0.15) is 48.0 Å². The molecular formula is C23H30FN3O3S. The number of amides is 1. The minimum absolute atomic E-state index is 0.0870. The van der Waals surface area contributed by atoms with Gasteiger partial charge in [0.2, 0.25) is 0 Å². The molecule has 0 bridgehead atoms. The fourth-order valence-corrected chi connectivity index (χ4v) is 4.81.